The molecule has 1 saturated carbocycles. The topological polar surface area (TPSA) is 95.1 Å². The molecule has 0 radical (unpaired) electrons. The first-order chi connectivity index (χ1) is 11.1. The molecule has 0 saturated heterocycles. The van der Waals surface area contributed by atoms with E-state index in [0.29, 0.717) is 24.5 Å². The standard InChI is InChI=1S/C16H19N3O3S/c20-12-8-10(9-12)16(13-2-1-7-23-13)17-14(21)5-3-11-4-6-15(22)19-18-11/h1-2,4,6-7,10,12,16,20H,3,5,8-9H2,(H,17,21)(H,19,22)/t10?,12?,16-/m1/s1. The van der Waals surface area contributed by atoms with E-state index in [1.54, 1.807) is 17.4 Å². The number of carbonyl (C=O) groups is 1. The lowest BCUT2D eigenvalue weighted by Crippen LogP contribution is -2.41. The van der Waals surface area contributed by atoms with Crippen molar-refractivity contribution in [1.82, 2.24) is 15.5 Å². The second-order valence-electron chi connectivity index (χ2n) is 5.86. The van der Waals surface area contributed by atoms with Crippen molar-refractivity contribution < 1.29 is 9.90 Å². The van der Waals surface area contributed by atoms with E-state index in [1.807, 2.05) is 17.5 Å². The largest absolute Gasteiger partial charge is 0.393 e. The summed E-state index contributed by atoms with van der Waals surface area (Å²) in [6.45, 7) is 0. The highest BCUT2D eigenvalue weighted by molar-refractivity contribution is 7.10. The highest BCUT2D eigenvalue weighted by atomic mass is 32.1. The van der Waals surface area contributed by atoms with Crippen LogP contribution in [0.5, 0.6) is 0 Å². The van der Waals surface area contributed by atoms with Crippen molar-refractivity contribution in [2.45, 2.75) is 37.8 Å². The molecule has 122 valence electrons. The number of rotatable bonds is 6. The summed E-state index contributed by atoms with van der Waals surface area (Å²) in [7, 11) is 0. The van der Waals surface area contributed by atoms with Crippen LogP contribution in [0.3, 0.4) is 0 Å². The Kier molecular flexibility index (Phi) is 4.88. The van der Waals surface area contributed by atoms with Crippen LogP contribution in [-0.2, 0) is 11.2 Å². The fourth-order valence-electron chi connectivity index (χ4n) is 2.79. The molecular weight excluding hydrogens is 314 g/mol. The Hall–Kier alpha value is -1.99. The van der Waals surface area contributed by atoms with Gasteiger partial charge in [0.05, 0.1) is 17.8 Å². The molecule has 2 aromatic heterocycles. The molecule has 1 atom stereocenters. The first-order valence-electron chi connectivity index (χ1n) is 7.67. The number of amides is 1. The first-order valence-corrected chi connectivity index (χ1v) is 8.55. The van der Waals surface area contributed by atoms with Crippen LogP contribution in [0.15, 0.2) is 34.4 Å². The number of carbonyl (C=O) groups excluding carboxylic acids is 1. The van der Waals surface area contributed by atoms with Crippen molar-refractivity contribution in [2.75, 3.05) is 0 Å². The molecule has 0 bridgehead atoms. The molecule has 1 aliphatic rings. The smallest absolute Gasteiger partial charge is 0.264 e. The summed E-state index contributed by atoms with van der Waals surface area (Å²) in [4.78, 5) is 24.3. The predicted octanol–water partition coefficient (Wildman–Crippen LogP) is 1.39. The molecule has 7 heteroatoms. The van der Waals surface area contributed by atoms with Crippen LogP contribution in [0.4, 0.5) is 0 Å². The third-order valence-electron chi connectivity index (χ3n) is 4.13. The fourth-order valence-corrected chi connectivity index (χ4v) is 3.66. The molecule has 1 fully saturated rings. The van der Waals surface area contributed by atoms with Crippen molar-refractivity contribution in [3.63, 3.8) is 0 Å². The number of aromatic nitrogens is 2. The lowest BCUT2D eigenvalue weighted by Gasteiger charge is -2.37. The number of H-pyrrole nitrogens is 1. The van der Waals surface area contributed by atoms with Crippen molar-refractivity contribution in [3.05, 3.63) is 50.6 Å². The van der Waals surface area contributed by atoms with Gasteiger partial charge in [0.2, 0.25) is 5.91 Å². The Balaban J connectivity index is 1.57. The van der Waals surface area contributed by atoms with Gasteiger partial charge < -0.3 is 10.4 Å². The number of hydrogen-bond donors (Lipinski definition) is 3. The zero-order valence-electron chi connectivity index (χ0n) is 12.6. The van der Waals surface area contributed by atoms with Gasteiger partial charge in [-0.3, -0.25) is 9.59 Å². The van der Waals surface area contributed by atoms with Gasteiger partial charge in [0.15, 0.2) is 0 Å². The average molecular weight is 333 g/mol. The molecule has 2 aromatic rings. The highest BCUT2D eigenvalue weighted by Gasteiger charge is 2.36. The normalized spacial score (nSPS) is 21.4. The Labute approximate surface area is 137 Å². The van der Waals surface area contributed by atoms with E-state index >= 15 is 0 Å². The molecule has 0 aliphatic heterocycles. The van der Waals surface area contributed by atoms with Gasteiger partial charge in [-0.25, -0.2) is 5.10 Å². The Bertz CT molecular complexity index is 687. The summed E-state index contributed by atoms with van der Waals surface area (Å²) >= 11 is 1.62. The quantitative estimate of drug-likeness (QED) is 0.744. The number of aliphatic hydroxyl groups excluding tert-OH is 1. The maximum Gasteiger partial charge on any atom is 0.264 e. The van der Waals surface area contributed by atoms with Crippen LogP contribution in [0.25, 0.3) is 0 Å². The first kappa shape index (κ1) is 15.9. The van der Waals surface area contributed by atoms with Crippen molar-refractivity contribution >= 4 is 17.2 Å². The van der Waals surface area contributed by atoms with E-state index < -0.39 is 0 Å². The maximum atomic E-state index is 12.2. The zero-order valence-corrected chi connectivity index (χ0v) is 13.4. The number of aromatic amines is 1. The summed E-state index contributed by atoms with van der Waals surface area (Å²) in [5.74, 6) is 0.247. The maximum absolute atomic E-state index is 12.2. The molecule has 23 heavy (non-hydrogen) atoms. The Morgan fingerprint density at radius 3 is 2.87 bits per heavy atom. The van der Waals surface area contributed by atoms with E-state index in [9.17, 15) is 14.7 Å². The minimum atomic E-state index is -0.250. The van der Waals surface area contributed by atoms with E-state index in [2.05, 4.69) is 15.5 Å². The number of nitrogens with zero attached hydrogens (tertiary/aromatic N) is 1. The van der Waals surface area contributed by atoms with Gasteiger partial charge in [0, 0.05) is 23.8 Å². The number of aryl methyl sites for hydroxylation is 1. The van der Waals surface area contributed by atoms with Crippen molar-refractivity contribution in [1.29, 1.82) is 0 Å². The molecule has 3 rings (SSSR count). The van der Waals surface area contributed by atoms with Gasteiger partial charge in [0.1, 0.15) is 0 Å². The summed E-state index contributed by atoms with van der Waals surface area (Å²) < 4.78 is 0. The zero-order chi connectivity index (χ0) is 16.2. The average Bonchev–Trinajstić information content (AvgIpc) is 3.03. The third kappa shape index (κ3) is 4.05. The van der Waals surface area contributed by atoms with Gasteiger partial charge >= 0.3 is 0 Å². The van der Waals surface area contributed by atoms with Gasteiger partial charge in [-0.15, -0.1) is 11.3 Å². The van der Waals surface area contributed by atoms with Gasteiger partial charge in [-0.1, -0.05) is 6.07 Å². The van der Waals surface area contributed by atoms with Crippen molar-refractivity contribution in [2.24, 2.45) is 5.92 Å². The molecular formula is C16H19N3O3S. The minimum absolute atomic E-state index is 0.0329. The van der Waals surface area contributed by atoms with Crippen LogP contribution in [0.2, 0.25) is 0 Å². The predicted molar refractivity (Wildman–Crippen MR) is 87.1 cm³/mol. The number of nitrogens with one attached hydrogen (secondary N) is 2. The lowest BCUT2D eigenvalue weighted by molar-refractivity contribution is -0.123. The van der Waals surface area contributed by atoms with Crippen LogP contribution in [-0.4, -0.2) is 27.3 Å². The van der Waals surface area contributed by atoms with Crippen LogP contribution in [0.1, 0.15) is 35.9 Å². The second kappa shape index (κ2) is 7.06. The van der Waals surface area contributed by atoms with Gasteiger partial charge in [-0.2, -0.15) is 5.10 Å². The molecule has 0 unspecified atom stereocenters. The summed E-state index contributed by atoms with van der Waals surface area (Å²) in [5.41, 5.74) is 0.436. The SMILES string of the molecule is O=C(CCc1ccc(=O)[nH]n1)N[C@@H](c1cccs1)C1CC(O)C1. The molecule has 0 aromatic carbocycles. The van der Waals surface area contributed by atoms with E-state index in [0.717, 1.165) is 17.7 Å². The fraction of sp³-hybridized carbons (Fsp3) is 0.438. The lowest BCUT2D eigenvalue weighted by atomic mass is 9.76. The van der Waals surface area contributed by atoms with E-state index in [-0.39, 0.29) is 23.6 Å². The van der Waals surface area contributed by atoms with E-state index in [4.69, 9.17) is 0 Å². The van der Waals surface area contributed by atoms with Gasteiger partial charge in [0.25, 0.3) is 5.56 Å². The molecule has 2 heterocycles. The van der Waals surface area contributed by atoms with E-state index in [1.165, 1.54) is 6.07 Å². The second-order valence-corrected chi connectivity index (χ2v) is 6.84. The van der Waals surface area contributed by atoms with Crippen LogP contribution in [0, 0.1) is 5.92 Å². The molecule has 6 nitrogen and oxygen atoms in total. The molecule has 1 amide bonds. The van der Waals surface area contributed by atoms with Crippen molar-refractivity contribution in [3.8, 4) is 0 Å². The number of aliphatic hydroxyl groups is 1. The molecule has 3 N–H and O–H groups in total. The number of thiophene rings is 1. The van der Waals surface area contributed by atoms with Gasteiger partial charge in [-0.05, 0) is 36.3 Å². The highest BCUT2D eigenvalue weighted by Crippen LogP contribution is 2.39. The Morgan fingerprint density at radius 1 is 1.43 bits per heavy atom. The molecule has 1 aliphatic carbocycles. The summed E-state index contributed by atoms with van der Waals surface area (Å²) in [6, 6.07) is 6.99. The Morgan fingerprint density at radius 2 is 2.26 bits per heavy atom. The monoisotopic (exact) mass is 333 g/mol. The third-order valence-corrected chi connectivity index (χ3v) is 5.09. The minimum Gasteiger partial charge on any atom is -0.393 e. The summed E-state index contributed by atoms with van der Waals surface area (Å²) in [5, 5.41) is 20.9. The summed E-state index contributed by atoms with van der Waals surface area (Å²) in [6.07, 6.45) is 2.00. The van der Waals surface area contributed by atoms with Crippen LogP contribution < -0.4 is 10.9 Å². The number of hydrogen-bond acceptors (Lipinski definition) is 5. The van der Waals surface area contributed by atoms with Crippen LogP contribution >= 0.6 is 11.3 Å². The molecule has 0 spiro atoms.